The van der Waals surface area contributed by atoms with Crippen molar-refractivity contribution in [2.24, 2.45) is 5.14 Å². The number of carbonyl (C=O) groups is 1. The Hall–Kier alpha value is -1.12. The maximum Gasteiger partial charge on any atom is 0.319 e. The van der Waals surface area contributed by atoms with Crippen LogP contribution in [0.4, 0.5) is 10.5 Å². The zero-order valence-electron chi connectivity index (χ0n) is 9.03. The van der Waals surface area contributed by atoms with Crippen LogP contribution in [-0.2, 0) is 10.0 Å². The van der Waals surface area contributed by atoms with Crippen molar-refractivity contribution in [3.8, 4) is 0 Å². The van der Waals surface area contributed by atoms with Crippen LogP contribution in [0.1, 0.15) is 6.92 Å². The maximum atomic E-state index is 11.3. The number of anilines is 1. The van der Waals surface area contributed by atoms with Crippen LogP contribution in [-0.4, -0.2) is 21.0 Å². The number of benzene rings is 1. The minimum absolute atomic E-state index is 0.0224. The standard InChI is InChI=1S/C9H12BrN3O3S/c1-2-12-9(14)13-8-4-3-6(5-7(8)10)17(11,15)16/h3-5H,2H2,1H3,(H2,11,15,16)(H2,12,13,14). The van der Waals surface area contributed by atoms with Gasteiger partial charge in [0.05, 0.1) is 10.6 Å². The third-order valence-corrected chi connectivity index (χ3v) is 3.42. The highest BCUT2D eigenvalue weighted by atomic mass is 79.9. The minimum Gasteiger partial charge on any atom is -0.338 e. The maximum absolute atomic E-state index is 11.3. The van der Waals surface area contributed by atoms with Crippen LogP contribution >= 0.6 is 15.9 Å². The highest BCUT2D eigenvalue weighted by Gasteiger charge is 2.11. The summed E-state index contributed by atoms with van der Waals surface area (Å²) in [6.07, 6.45) is 0. The number of nitrogens with two attached hydrogens (primary N) is 1. The van der Waals surface area contributed by atoms with E-state index >= 15 is 0 Å². The first-order chi connectivity index (χ1) is 7.84. The van der Waals surface area contributed by atoms with Crippen molar-refractivity contribution in [3.05, 3.63) is 22.7 Å². The van der Waals surface area contributed by atoms with Crippen LogP contribution in [0.25, 0.3) is 0 Å². The van der Waals surface area contributed by atoms with E-state index in [1.807, 2.05) is 0 Å². The number of sulfonamides is 1. The van der Waals surface area contributed by atoms with Gasteiger partial charge in [0.15, 0.2) is 0 Å². The Morgan fingerprint density at radius 2 is 2.12 bits per heavy atom. The van der Waals surface area contributed by atoms with Crippen molar-refractivity contribution in [1.82, 2.24) is 5.32 Å². The third-order valence-electron chi connectivity index (χ3n) is 1.85. The molecule has 2 amide bonds. The van der Waals surface area contributed by atoms with Crippen LogP contribution in [0.2, 0.25) is 0 Å². The molecule has 1 rings (SSSR count). The number of amides is 2. The van der Waals surface area contributed by atoms with Crippen molar-refractivity contribution in [1.29, 1.82) is 0 Å². The fraction of sp³-hybridized carbons (Fsp3) is 0.222. The predicted octanol–water partition coefficient (Wildman–Crippen LogP) is 1.24. The highest BCUT2D eigenvalue weighted by molar-refractivity contribution is 9.10. The first-order valence-electron chi connectivity index (χ1n) is 4.71. The first kappa shape index (κ1) is 13.9. The molecular weight excluding hydrogens is 310 g/mol. The Bertz CT molecular complexity index is 530. The van der Waals surface area contributed by atoms with Crippen molar-refractivity contribution >= 4 is 37.7 Å². The Morgan fingerprint density at radius 3 is 2.59 bits per heavy atom. The topological polar surface area (TPSA) is 101 Å². The van der Waals surface area contributed by atoms with Crippen molar-refractivity contribution in [2.75, 3.05) is 11.9 Å². The molecular formula is C9H12BrN3O3S. The molecule has 0 heterocycles. The second-order valence-corrected chi connectivity index (χ2v) is 5.59. The number of urea groups is 1. The smallest absolute Gasteiger partial charge is 0.319 e. The molecule has 6 nitrogen and oxygen atoms in total. The van der Waals surface area contributed by atoms with Crippen LogP contribution in [0, 0.1) is 0 Å². The normalized spacial score (nSPS) is 11.0. The number of hydrogen-bond acceptors (Lipinski definition) is 3. The molecule has 17 heavy (non-hydrogen) atoms. The van der Waals surface area contributed by atoms with Gasteiger partial charge in [-0.3, -0.25) is 0 Å². The summed E-state index contributed by atoms with van der Waals surface area (Å²) in [5, 5.41) is 10.1. The molecule has 1 aromatic carbocycles. The van der Waals surface area contributed by atoms with Gasteiger partial charge in [-0.15, -0.1) is 0 Å². The molecule has 1 aromatic rings. The number of rotatable bonds is 3. The molecule has 0 unspecified atom stereocenters. The number of halogens is 1. The lowest BCUT2D eigenvalue weighted by molar-refractivity contribution is 0.252. The lowest BCUT2D eigenvalue weighted by Gasteiger charge is -2.08. The molecule has 0 fully saturated rings. The molecule has 94 valence electrons. The zero-order chi connectivity index (χ0) is 13.1. The summed E-state index contributed by atoms with van der Waals surface area (Å²) in [5.41, 5.74) is 0.461. The molecule has 0 saturated heterocycles. The second-order valence-electron chi connectivity index (χ2n) is 3.17. The molecule has 0 saturated carbocycles. The average Bonchev–Trinajstić information content (AvgIpc) is 2.20. The summed E-state index contributed by atoms with van der Waals surface area (Å²) >= 11 is 3.16. The number of nitrogens with one attached hydrogen (secondary N) is 2. The van der Waals surface area contributed by atoms with Gasteiger partial charge in [-0.25, -0.2) is 18.4 Å². The van der Waals surface area contributed by atoms with Gasteiger partial charge in [-0.2, -0.15) is 0 Å². The van der Waals surface area contributed by atoms with Gasteiger partial charge in [0.2, 0.25) is 10.0 Å². The fourth-order valence-corrected chi connectivity index (χ4v) is 2.27. The average molecular weight is 322 g/mol. The second kappa shape index (κ2) is 5.48. The van der Waals surface area contributed by atoms with E-state index in [4.69, 9.17) is 5.14 Å². The quantitative estimate of drug-likeness (QED) is 0.780. The van der Waals surface area contributed by atoms with E-state index in [-0.39, 0.29) is 10.9 Å². The third kappa shape index (κ3) is 3.99. The van der Waals surface area contributed by atoms with Crippen LogP contribution < -0.4 is 15.8 Å². The monoisotopic (exact) mass is 321 g/mol. The molecule has 4 N–H and O–H groups in total. The zero-order valence-corrected chi connectivity index (χ0v) is 11.4. The predicted molar refractivity (Wildman–Crippen MR) is 68.2 cm³/mol. The molecule has 0 atom stereocenters. The van der Waals surface area contributed by atoms with E-state index in [1.54, 1.807) is 6.92 Å². The van der Waals surface area contributed by atoms with Gasteiger partial charge < -0.3 is 10.6 Å². The van der Waals surface area contributed by atoms with E-state index in [0.29, 0.717) is 16.7 Å². The van der Waals surface area contributed by atoms with Crippen molar-refractivity contribution in [2.45, 2.75) is 11.8 Å². The molecule has 0 spiro atoms. The summed E-state index contributed by atoms with van der Waals surface area (Å²) in [4.78, 5) is 11.2. The van der Waals surface area contributed by atoms with E-state index in [1.165, 1.54) is 18.2 Å². The van der Waals surface area contributed by atoms with Crippen LogP contribution in [0.15, 0.2) is 27.6 Å². The van der Waals surface area contributed by atoms with Gasteiger partial charge in [-0.1, -0.05) is 0 Å². The number of hydrogen-bond donors (Lipinski definition) is 3. The van der Waals surface area contributed by atoms with Crippen LogP contribution in [0.3, 0.4) is 0 Å². The Morgan fingerprint density at radius 1 is 1.47 bits per heavy atom. The van der Waals surface area contributed by atoms with Crippen LogP contribution in [0.5, 0.6) is 0 Å². The Balaban J connectivity index is 2.95. The molecule has 0 aliphatic heterocycles. The summed E-state index contributed by atoms with van der Waals surface area (Å²) in [5.74, 6) is 0. The summed E-state index contributed by atoms with van der Waals surface area (Å²) in [6.45, 7) is 2.29. The lowest BCUT2D eigenvalue weighted by atomic mass is 10.3. The Kier molecular flexibility index (Phi) is 4.49. The number of primary sulfonamides is 1. The van der Waals surface area contributed by atoms with Gasteiger partial charge in [-0.05, 0) is 41.1 Å². The highest BCUT2D eigenvalue weighted by Crippen LogP contribution is 2.25. The SMILES string of the molecule is CCNC(=O)Nc1ccc(S(N)(=O)=O)cc1Br. The fourth-order valence-electron chi connectivity index (χ4n) is 1.10. The summed E-state index contributed by atoms with van der Waals surface area (Å²) in [6, 6.07) is 3.74. The van der Waals surface area contributed by atoms with E-state index in [2.05, 4.69) is 26.6 Å². The van der Waals surface area contributed by atoms with Crippen molar-refractivity contribution < 1.29 is 13.2 Å². The van der Waals surface area contributed by atoms with E-state index in [9.17, 15) is 13.2 Å². The molecule has 8 heteroatoms. The Labute approximate surface area is 108 Å². The van der Waals surface area contributed by atoms with E-state index < -0.39 is 10.0 Å². The van der Waals surface area contributed by atoms with Gasteiger partial charge in [0.25, 0.3) is 0 Å². The molecule has 0 aliphatic carbocycles. The first-order valence-corrected chi connectivity index (χ1v) is 7.05. The largest absolute Gasteiger partial charge is 0.338 e. The van der Waals surface area contributed by atoms with Gasteiger partial charge in [0.1, 0.15) is 0 Å². The van der Waals surface area contributed by atoms with Gasteiger partial charge >= 0.3 is 6.03 Å². The van der Waals surface area contributed by atoms with Crippen molar-refractivity contribution in [3.63, 3.8) is 0 Å². The molecule has 0 radical (unpaired) electrons. The number of carbonyl (C=O) groups excluding carboxylic acids is 1. The molecule has 0 bridgehead atoms. The van der Waals surface area contributed by atoms with E-state index in [0.717, 1.165) is 0 Å². The lowest BCUT2D eigenvalue weighted by Crippen LogP contribution is -2.28. The molecule has 0 aromatic heterocycles. The minimum atomic E-state index is -3.74. The molecule has 0 aliphatic rings. The summed E-state index contributed by atoms with van der Waals surface area (Å²) < 4.78 is 22.6. The summed E-state index contributed by atoms with van der Waals surface area (Å²) in [7, 11) is -3.74. The van der Waals surface area contributed by atoms with Gasteiger partial charge in [0, 0.05) is 11.0 Å².